The fourth-order valence-corrected chi connectivity index (χ4v) is 7.47. The normalized spacial score (nSPS) is 14.9. The van der Waals surface area contributed by atoms with Crippen LogP contribution in [0.1, 0.15) is 57.4 Å². The Kier molecular flexibility index (Phi) is 7.81. The number of carbonyl (C=O) groups excluding carboxylic acids is 1. The van der Waals surface area contributed by atoms with E-state index < -0.39 is 15.9 Å². The van der Waals surface area contributed by atoms with E-state index in [1.165, 1.54) is 28.6 Å². The number of primary amides is 1. The number of carbonyl (C=O) groups is 1. The molecule has 4 aromatic carbocycles. The number of hydrogen-bond acceptors (Lipinski definition) is 4. The zero-order valence-corrected chi connectivity index (χ0v) is 24.8. The molecular formula is C32H28Cl2N4O3S. The lowest BCUT2D eigenvalue weighted by atomic mass is 9.84. The molecule has 7 nitrogen and oxygen atoms in total. The predicted molar refractivity (Wildman–Crippen MR) is 166 cm³/mol. The highest BCUT2D eigenvalue weighted by Gasteiger charge is 2.31. The Balaban J connectivity index is 1.27. The maximum atomic E-state index is 13.3. The number of halogens is 2. The second kappa shape index (κ2) is 11.5. The van der Waals surface area contributed by atoms with E-state index in [1.807, 2.05) is 54.6 Å². The van der Waals surface area contributed by atoms with Crippen molar-refractivity contribution < 1.29 is 13.2 Å². The van der Waals surface area contributed by atoms with Crippen LogP contribution in [0, 0.1) is 0 Å². The van der Waals surface area contributed by atoms with Crippen LogP contribution in [0.25, 0.3) is 10.9 Å². The van der Waals surface area contributed by atoms with Crippen molar-refractivity contribution in [2.24, 2.45) is 5.73 Å². The number of amides is 1. The van der Waals surface area contributed by atoms with Crippen LogP contribution in [0.5, 0.6) is 0 Å². The van der Waals surface area contributed by atoms with Gasteiger partial charge in [-0.3, -0.25) is 9.89 Å². The molecule has 1 amide bonds. The number of benzene rings is 4. The van der Waals surface area contributed by atoms with Crippen molar-refractivity contribution in [3.05, 3.63) is 129 Å². The van der Waals surface area contributed by atoms with Gasteiger partial charge in [0, 0.05) is 51.6 Å². The maximum absolute atomic E-state index is 13.3. The third-order valence-electron chi connectivity index (χ3n) is 7.99. The van der Waals surface area contributed by atoms with E-state index in [0.717, 1.165) is 33.3 Å². The first-order valence-corrected chi connectivity index (χ1v) is 15.8. The van der Waals surface area contributed by atoms with E-state index in [-0.39, 0.29) is 22.3 Å². The molecule has 0 radical (unpaired) electrons. The predicted octanol–water partition coefficient (Wildman–Crippen LogP) is 6.72. The summed E-state index contributed by atoms with van der Waals surface area (Å²) >= 11 is 12.4. The molecule has 0 unspecified atom stereocenters. The summed E-state index contributed by atoms with van der Waals surface area (Å²) in [7, 11) is -3.69. The molecule has 0 spiro atoms. The second-order valence-electron chi connectivity index (χ2n) is 10.5. The van der Waals surface area contributed by atoms with Gasteiger partial charge < -0.3 is 5.73 Å². The smallest absolute Gasteiger partial charge is 0.248 e. The fraction of sp³-hybridized carbons (Fsp3) is 0.188. The SMILES string of the molecule is NC(=O)c1ccc(S(=O)(=O)N2CCC(c3[nH]nc4ccc(C(c5ccc(Cl)cc5)c5ccc(Cl)cc5)cc34)CC2)cc1. The Bertz CT molecular complexity index is 1800. The molecule has 214 valence electrons. The summed E-state index contributed by atoms with van der Waals surface area (Å²) in [6.45, 7) is 0.756. The molecular weight excluding hydrogens is 591 g/mol. The average molecular weight is 620 g/mol. The van der Waals surface area contributed by atoms with Crippen LogP contribution in [-0.2, 0) is 10.0 Å². The number of aromatic amines is 1. The molecule has 1 aromatic heterocycles. The lowest BCUT2D eigenvalue weighted by Gasteiger charge is -2.31. The molecule has 2 heterocycles. The third-order valence-corrected chi connectivity index (χ3v) is 10.4. The highest BCUT2D eigenvalue weighted by atomic mass is 35.5. The number of hydrogen-bond donors (Lipinski definition) is 2. The van der Waals surface area contributed by atoms with E-state index in [4.69, 9.17) is 28.9 Å². The van der Waals surface area contributed by atoms with Gasteiger partial charge in [-0.15, -0.1) is 0 Å². The Morgan fingerprint density at radius 1 is 0.833 bits per heavy atom. The van der Waals surface area contributed by atoms with Crippen LogP contribution in [0.2, 0.25) is 10.0 Å². The van der Waals surface area contributed by atoms with Crippen LogP contribution in [0.3, 0.4) is 0 Å². The summed E-state index contributed by atoms with van der Waals surface area (Å²) in [5.74, 6) is -0.513. The first-order valence-electron chi connectivity index (χ1n) is 13.6. The van der Waals surface area contributed by atoms with Crippen molar-refractivity contribution in [3.63, 3.8) is 0 Å². The molecule has 0 saturated carbocycles. The van der Waals surface area contributed by atoms with E-state index in [1.54, 1.807) is 0 Å². The standard InChI is InChI=1S/C32H28Cl2N4O3S/c33-25-8-1-20(2-9-25)30(21-3-10-26(34)11-4-21)24-7-14-29-28(19-24)31(37-36-29)22-15-17-38(18-16-22)42(40,41)27-12-5-23(6-13-27)32(35)39/h1-14,19,22,30H,15-18H2,(H2,35,39)(H,36,37). The molecule has 1 saturated heterocycles. The fourth-order valence-electron chi connectivity index (χ4n) is 5.75. The van der Waals surface area contributed by atoms with Crippen LogP contribution in [-0.4, -0.2) is 41.9 Å². The maximum Gasteiger partial charge on any atom is 0.248 e. The highest BCUT2D eigenvalue weighted by Crippen LogP contribution is 2.38. The molecule has 5 aromatic rings. The lowest BCUT2D eigenvalue weighted by Crippen LogP contribution is -2.38. The molecule has 1 aliphatic heterocycles. The average Bonchev–Trinajstić information content (AvgIpc) is 3.43. The van der Waals surface area contributed by atoms with Gasteiger partial charge in [-0.1, -0.05) is 53.5 Å². The van der Waals surface area contributed by atoms with E-state index in [9.17, 15) is 13.2 Å². The highest BCUT2D eigenvalue weighted by molar-refractivity contribution is 7.89. The van der Waals surface area contributed by atoms with Crippen molar-refractivity contribution in [2.45, 2.75) is 29.6 Å². The minimum atomic E-state index is -3.69. The number of nitrogens with two attached hydrogens (primary N) is 1. The molecule has 6 rings (SSSR count). The van der Waals surface area contributed by atoms with Gasteiger partial charge >= 0.3 is 0 Å². The molecule has 42 heavy (non-hydrogen) atoms. The number of H-pyrrole nitrogens is 1. The second-order valence-corrected chi connectivity index (χ2v) is 13.3. The summed E-state index contributed by atoms with van der Waals surface area (Å²) in [6, 6.07) is 27.8. The monoisotopic (exact) mass is 618 g/mol. The van der Waals surface area contributed by atoms with Gasteiger partial charge in [0.25, 0.3) is 0 Å². The van der Waals surface area contributed by atoms with E-state index in [2.05, 4.69) is 22.3 Å². The Hall–Kier alpha value is -3.69. The lowest BCUT2D eigenvalue weighted by molar-refractivity contribution is 0.1000. The Morgan fingerprint density at radius 2 is 1.38 bits per heavy atom. The van der Waals surface area contributed by atoms with Crippen LogP contribution >= 0.6 is 23.2 Å². The van der Waals surface area contributed by atoms with E-state index in [0.29, 0.717) is 36.0 Å². The molecule has 0 atom stereocenters. The number of rotatable bonds is 7. The molecule has 10 heteroatoms. The zero-order chi connectivity index (χ0) is 29.4. The molecule has 0 bridgehead atoms. The van der Waals surface area contributed by atoms with Crippen molar-refractivity contribution in [1.82, 2.24) is 14.5 Å². The van der Waals surface area contributed by atoms with Gasteiger partial charge in [-0.25, -0.2) is 8.42 Å². The van der Waals surface area contributed by atoms with Gasteiger partial charge in [0.1, 0.15) is 0 Å². The van der Waals surface area contributed by atoms with Gasteiger partial charge in [-0.2, -0.15) is 9.40 Å². The minimum Gasteiger partial charge on any atom is -0.366 e. The Morgan fingerprint density at radius 3 is 1.93 bits per heavy atom. The van der Waals surface area contributed by atoms with Crippen molar-refractivity contribution >= 4 is 50.0 Å². The van der Waals surface area contributed by atoms with Crippen LogP contribution < -0.4 is 5.73 Å². The van der Waals surface area contributed by atoms with Crippen molar-refractivity contribution in [1.29, 1.82) is 0 Å². The molecule has 1 fully saturated rings. The van der Waals surface area contributed by atoms with Crippen LogP contribution in [0.4, 0.5) is 0 Å². The van der Waals surface area contributed by atoms with E-state index >= 15 is 0 Å². The topological polar surface area (TPSA) is 109 Å². The third kappa shape index (κ3) is 5.55. The number of piperidine rings is 1. The Labute approximate surface area is 254 Å². The van der Waals surface area contributed by atoms with Crippen molar-refractivity contribution in [3.8, 4) is 0 Å². The number of nitrogens with one attached hydrogen (secondary N) is 1. The first-order chi connectivity index (χ1) is 20.2. The summed E-state index contributed by atoms with van der Waals surface area (Å²) in [5, 5.41) is 10.2. The first kappa shape index (κ1) is 28.4. The minimum absolute atomic E-state index is 0.0420. The number of fused-ring (bicyclic) bond motifs is 1. The number of aromatic nitrogens is 2. The number of nitrogens with zero attached hydrogens (tertiary/aromatic N) is 2. The van der Waals surface area contributed by atoms with Crippen molar-refractivity contribution in [2.75, 3.05) is 13.1 Å². The summed E-state index contributed by atoms with van der Waals surface area (Å²) in [5.41, 5.74) is 10.8. The zero-order valence-electron chi connectivity index (χ0n) is 22.5. The summed E-state index contributed by atoms with van der Waals surface area (Å²) < 4.78 is 28.1. The largest absolute Gasteiger partial charge is 0.366 e. The number of sulfonamides is 1. The molecule has 3 N–H and O–H groups in total. The van der Waals surface area contributed by atoms with Gasteiger partial charge in [-0.05, 0) is 90.2 Å². The summed E-state index contributed by atoms with van der Waals surface area (Å²) in [6.07, 6.45) is 1.30. The molecule has 0 aliphatic carbocycles. The molecule has 1 aliphatic rings. The van der Waals surface area contributed by atoms with Crippen LogP contribution in [0.15, 0.2) is 95.9 Å². The van der Waals surface area contributed by atoms with Gasteiger partial charge in [0.05, 0.1) is 10.4 Å². The van der Waals surface area contributed by atoms with Gasteiger partial charge in [0.2, 0.25) is 15.9 Å². The van der Waals surface area contributed by atoms with Gasteiger partial charge in [0.15, 0.2) is 0 Å². The summed E-state index contributed by atoms with van der Waals surface area (Å²) in [4.78, 5) is 11.5. The quantitative estimate of drug-likeness (QED) is 0.197.